The number of hydrogen-bond donors (Lipinski definition) is 2. The van der Waals surface area contributed by atoms with E-state index in [1.807, 2.05) is 13.8 Å². The van der Waals surface area contributed by atoms with Crippen LogP contribution in [0.25, 0.3) is 0 Å². The van der Waals surface area contributed by atoms with Gasteiger partial charge in [0.05, 0.1) is 6.61 Å². The van der Waals surface area contributed by atoms with E-state index in [1.54, 1.807) is 7.11 Å². The summed E-state index contributed by atoms with van der Waals surface area (Å²) < 4.78 is 5.20. The van der Waals surface area contributed by atoms with E-state index in [9.17, 15) is 9.90 Å². The first-order valence-electron chi connectivity index (χ1n) is 8.05. The first-order valence-corrected chi connectivity index (χ1v) is 8.05. The molecule has 2 unspecified atom stereocenters. The van der Waals surface area contributed by atoms with Crippen molar-refractivity contribution in [2.24, 2.45) is 5.92 Å². The van der Waals surface area contributed by atoms with Crippen molar-refractivity contribution in [3.63, 3.8) is 0 Å². The fourth-order valence-electron chi connectivity index (χ4n) is 3.37. The van der Waals surface area contributed by atoms with Gasteiger partial charge in [-0.3, -0.25) is 15.0 Å². The van der Waals surface area contributed by atoms with E-state index >= 15 is 0 Å². The van der Waals surface area contributed by atoms with Gasteiger partial charge in [-0.05, 0) is 39.0 Å². The number of rotatable bonds is 9. The van der Waals surface area contributed by atoms with E-state index < -0.39 is 11.5 Å². The smallest absolute Gasteiger partial charge is 0.323 e. The van der Waals surface area contributed by atoms with Crippen molar-refractivity contribution in [1.29, 1.82) is 0 Å². The molecule has 0 saturated heterocycles. The summed E-state index contributed by atoms with van der Waals surface area (Å²) in [4.78, 5) is 14.2. The molecule has 124 valence electrons. The zero-order valence-corrected chi connectivity index (χ0v) is 14.2. The van der Waals surface area contributed by atoms with Crippen molar-refractivity contribution < 1.29 is 14.6 Å². The summed E-state index contributed by atoms with van der Waals surface area (Å²) in [5.41, 5.74) is -0.763. The Morgan fingerprint density at radius 1 is 1.43 bits per heavy atom. The van der Waals surface area contributed by atoms with Crippen molar-refractivity contribution in [2.75, 3.05) is 26.8 Å². The molecule has 2 atom stereocenters. The molecule has 21 heavy (non-hydrogen) atoms. The minimum absolute atomic E-state index is 0.178. The average molecular weight is 300 g/mol. The lowest BCUT2D eigenvalue weighted by molar-refractivity contribution is -0.145. The van der Waals surface area contributed by atoms with Crippen LogP contribution in [0.2, 0.25) is 0 Å². The first kappa shape index (κ1) is 18.4. The average Bonchev–Trinajstić information content (AvgIpc) is 2.78. The van der Waals surface area contributed by atoms with Crippen molar-refractivity contribution in [2.45, 2.75) is 64.6 Å². The molecule has 0 aromatic heterocycles. The van der Waals surface area contributed by atoms with Crippen LogP contribution in [0.1, 0.15) is 47.0 Å². The summed E-state index contributed by atoms with van der Waals surface area (Å²) in [5.74, 6) is -0.144. The zero-order valence-electron chi connectivity index (χ0n) is 14.2. The molecule has 1 fully saturated rings. The molecular formula is C16H32N2O3. The molecule has 0 aromatic carbocycles. The van der Waals surface area contributed by atoms with E-state index in [4.69, 9.17) is 4.74 Å². The number of carboxylic acid groups (broad SMARTS) is 1. The number of nitrogens with one attached hydrogen (secondary N) is 1. The molecular weight excluding hydrogens is 268 g/mol. The number of carbonyl (C=O) groups is 1. The lowest BCUT2D eigenvalue weighted by atomic mass is 9.96. The largest absolute Gasteiger partial charge is 0.480 e. The second-order valence-electron chi connectivity index (χ2n) is 6.96. The number of aliphatic carboxylic acids is 1. The van der Waals surface area contributed by atoms with Gasteiger partial charge in [-0.2, -0.15) is 0 Å². The third kappa shape index (κ3) is 5.24. The Balaban J connectivity index is 2.76. The molecule has 0 heterocycles. The minimum Gasteiger partial charge on any atom is -0.480 e. The Hall–Kier alpha value is -0.650. The highest BCUT2D eigenvalue weighted by molar-refractivity contribution is 5.79. The van der Waals surface area contributed by atoms with Crippen molar-refractivity contribution >= 4 is 5.97 Å². The highest BCUT2D eigenvalue weighted by atomic mass is 16.5. The molecule has 5 nitrogen and oxygen atoms in total. The predicted octanol–water partition coefficient (Wildman–Crippen LogP) is 1.96. The van der Waals surface area contributed by atoms with Crippen LogP contribution in [0.15, 0.2) is 0 Å². The normalized spacial score (nSPS) is 26.2. The maximum atomic E-state index is 11.8. The highest BCUT2D eigenvalue weighted by Gasteiger charge is 2.47. The summed E-state index contributed by atoms with van der Waals surface area (Å²) in [6, 6.07) is 0.502. The maximum Gasteiger partial charge on any atom is 0.323 e. The lowest BCUT2D eigenvalue weighted by Crippen LogP contribution is -2.54. The number of nitrogens with zero attached hydrogens (tertiary/aromatic N) is 1. The molecule has 0 aromatic rings. The van der Waals surface area contributed by atoms with E-state index in [1.165, 1.54) is 0 Å². The Labute approximate surface area is 129 Å². The Morgan fingerprint density at radius 3 is 2.57 bits per heavy atom. The van der Waals surface area contributed by atoms with Crippen LogP contribution in [0.3, 0.4) is 0 Å². The summed E-state index contributed by atoms with van der Waals surface area (Å²) in [5, 5.41) is 13.0. The van der Waals surface area contributed by atoms with E-state index in [0.29, 0.717) is 31.4 Å². The molecule has 0 radical (unpaired) electrons. The number of methoxy groups -OCH3 is 1. The van der Waals surface area contributed by atoms with Crippen LogP contribution < -0.4 is 5.32 Å². The quantitative estimate of drug-likeness (QED) is 0.681. The maximum absolute atomic E-state index is 11.8. The van der Waals surface area contributed by atoms with Gasteiger partial charge in [-0.25, -0.2) is 0 Å². The minimum atomic E-state index is -0.763. The summed E-state index contributed by atoms with van der Waals surface area (Å²) in [6.07, 6.45) is 2.31. The topological polar surface area (TPSA) is 61.8 Å². The number of carboxylic acids is 1. The van der Waals surface area contributed by atoms with Gasteiger partial charge in [0.15, 0.2) is 0 Å². The number of hydrogen-bond acceptors (Lipinski definition) is 4. The highest BCUT2D eigenvalue weighted by Crippen LogP contribution is 2.34. The fourth-order valence-corrected chi connectivity index (χ4v) is 3.37. The predicted molar refractivity (Wildman–Crippen MR) is 84.6 cm³/mol. The summed E-state index contributed by atoms with van der Waals surface area (Å²) in [6.45, 7) is 11.0. The van der Waals surface area contributed by atoms with Crippen LogP contribution in [-0.4, -0.2) is 60.4 Å². The zero-order chi connectivity index (χ0) is 16.0. The lowest BCUT2D eigenvalue weighted by Gasteiger charge is -2.33. The van der Waals surface area contributed by atoms with Gasteiger partial charge >= 0.3 is 5.97 Å². The Morgan fingerprint density at radius 2 is 2.10 bits per heavy atom. The molecule has 0 bridgehead atoms. The van der Waals surface area contributed by atoms with Gasteiger partial charge in [0.25, 0.3) is 0 Å². The van der Waals surface area contributed by atoms with Crippen molar-refractivity contribution in [3.05, 3.63) is 0 Å². The molecule has 5 heteroatoms. The summed E-state index contributed by atoms with van der Waals surface area (Å²) in [7, 11) is 1.71. The second-order valence-corrected chi connectivity index (χ2v) is 6.96. The fraction of sp³-hybridized carbons (Fsp3) is 0.938. The molecule has 2 N–H and O–H groups in total. The molecule has 1 aliphatic carbocycles. The first-order chi connectivity index (χ1) is 9.80. The van der Waals surface area contributed by atoms with Gasteiger partial charge in [0.1, 0.15) is 5.54 Å². The molecule has 0 spiro atoms. The monoisotopic (exact) mass is 300 g/mol. The molecule has 1 rings (SSSR count). The van der Waals surface area contributed by atoms with Crippen LogP contribution in [-0.2, 0) is 9.53 Å². The molecule has 1 saturated carbocycles. The van der Waals surface area contributed by atoms with E-state index in [2.05, 4.69) is 24.1 Å². The van der Waals surface area contributed by atoms with Gasteiger partial charge < -0.3 is 9.84 Å². The number of ether oxygens (including phenoxy) is 1. The third-order valence-electron chi connectivity index (χ3n) is 4.16. The Bertz CT molecular complexity index is 333. The summed E-state index contributed by atoms with van der Waals surface area (Å²) >= 11 is 0. The molecule has 0 amide bonds. The Kier molecular flexibility index (Phi) is 7.10. The standard InChI is InChI=1S/C16H32N2O3/c1-12(2)11-18(8-9-21-5)14-6-7-16(10-14,15(19)20)17-13(3)4/h12-14,17H,6-11H2,1-5H3,(H,19,20). The molecule has 1 aliphatic rings. The van der Waals surface area contributed by atoms with Crippen LogP contribution in [0, 0.1) is 5.92 Å². The van der Waals surface area contributed by atoms with Gasteiger partial charge in [-0.1, -0.05) is 13.8 Å². The van der Waals surface area contributed by atoms with Crippen molar-refractivity contribution in [3.8, 4) is 0 Å². The van der Waals surface area contributed by atoms with E-state index in [0.717, 1.165) is 19.5 Å². The van der Waals surface area contributed by atoms with Gasteiger partial charge in [-0.15, -0.1) is 0 Å². The van der Waals surface area contributed by atoms with E-state index in [-0.39, 0.29) is 6.04 Å². The molecule has 0 aliphatic heterocycles. The van der Waals surface area contributed by atoms with Crippen LogP contribution >= 0.6 is 0 Å². The van der Waals surface area contributed by atoms with Gasteiger partial charge in [0, 0.05) is 32.3 Å². The van der Waals surface area contributed by atoms with Gasteiger partial charge in [0.2, 0.25) is 0 Å². The SMILES string of the molecule is COCCN(CC(C)C)C1CCC(NC(C)C)(C(=O)O)C1. The van der Waals surface area contributed by atoms with Crippen LogP contribution in [0.4, 0.5) is 0 Å². The van der Waals surface area contributed by atoms with Crippen molar-refractivity contribution in [1.82, 2.24) is 10.2 Å². The van der Waals surface area contributed by atoms with Crippen LogP contribution in [0.5, 0.6) is 0 Å². The second kappa shape index (κ2) is 8.11. The third-order valence-corrected chi connectivity index (χ3v) is 4.16.